The maximum Gasteiger partial charge on any atom is 0.320 e. The van der Waals surface area contributed by atoms with Gasteiger partial charge in [-0.2, -0.15) is 0 Å². The number of esters is 1. The highest BCUT2D eigenvalue weighted by Crippen LogP contribution is 2.02. The van der Waals surface area contributed by atoms with Crippen LogP contribution in [0, 0.1) is 0 Å². The fraction of sp³-hybridized carbons (Fsp3) is 0.692. The summed E-state index contributed by atoms with van der Waals surface area (Å²) >= 11 is 0. The summed E-state index contributed by atoms with van der Waals surface area (Å²) in [5.41, 5.74) is 0. The third-order valence-corrected chi connectivity index (χ3v) is 2.50. The van der Waals surface area contributed by atoms with Gasteiger partial charge >= 0.3 is 5.97 Å². The molecular weight excluding hydrogens is 232 g/mol. The third-order valence-electron chi connectivity index (χ3n) is 2.50. The Morgan fingerprint density at radius 1 is 1.44 bits per heavy atom. The number of carbonyl (C=O) groups excluding carboxylic acids is 2. The first-order chi connectivity index (χ1) is 8.56. The van der Waals surface area contributed by atoms with Crippen molar-refractivity contribution in [2.45, 2.75) is 33.2 Å². The Morgan fingerprint density at radius 3 is 2.61 bits per heavy atom. The normalized spacial score (nSPS) is 12.0. The summed E-state index contributed by atoms with van der Waals surface area (Å²) in [6, 6.07) is -0.352. The molecule has 1 unspecified atom stereocenters. The third kappa shape index (κ3) is 6.39. The average molecular weight is 256 g/mol. The number of hydrogen-bond donors (Lipinski definition) is 1. The van der Waals surface area contributed by atoms with Crippen LogP contribution in [0.3, 0.4) is 0 Å². The molecular formula is C13H24N2O3. The first-order valence-electron chi connectivity index (χ1n) is 6.35. The smallest absolute Gasteiger partial charge is 0.320 e. The molecule has 5 nitrogen and oxygen atoms in total. The number of hydrogen-bond acceptors (Lipinski definition) is 4. The van der Waals surface area contributed by atoms with Gasteiger partial charge in [0.05, 0.1) is 19.2 Å². The molecule has 0 aliphatic heterocycles. The van der Waals surface area contributed by atoms with Crippen molar-refractivity contribution in [3.8, 4) is 0 Å². The quantitative estimate of drug-likeness (QED) is 0.493. The Hall–Kier alpha value is -1.36. The monoisotopic (exact) mass is 256 g/mol. The van der Waals surface area contributed by atoms with E-state index in [9.17, 15) is 9.59 Å². The van der Waals surface area contributed by atoms with Crippen molar-refractivity contribution >= 4 is 11.9 Å². The van der Waals surface area contributed by atoms with E-state index in [1.165, 1.54) is 0 Å². The van der Waals surface area contributed by atoms with Crippen LogP contribution in [0.25, 0.3) is 0 Å². The Labute approximate surface area is 109 Å². The van der Waals surface area contributed by atoms with Crippen molar-refractivity contribution in [1.29, 1.82) is 0 Å². The summed E-state index contributed by atoms with van der Waals surface area (Å²) in [4.78, 5) is 25.1. The molecule has 0 aromatic carbocycles. The summed E-state index contributed by atoms with van der Waals surface area (Å²) < 4.78 is 4.90. The van der Waals surface area contributed by atoms with E-state index >= 15 is 0 Å². The number of ether oxygens (including phenoxy) is 1. The molecule has 0 aromatic heterocycles. The molecule has 0 aromatic rings. The van der Waals surface area contributed by atoms with Crippen molar-refractivity contribution in [3.63, 3.8) is 0 Å². The number of amides is 1. The molecule has 0 spiro atoms. The van der Waals surface area contributed by atoms with Gasteiger partial charge in [0.2, 0.25) is 5.91 Å². The predicted octanol–water partition coefficient (Wildman–Crippen LogP) is 0.952. The molecule has 0 radical (unpaired) electrons. The van der Waals surface area contributed by atoms with Gasteiger partial charge in [-0.15, -0.1) is 6.58 Å². The largest absolute Gasteiger partial charge is 0.465 e. The molecule has 1 N–H and O–H groups in total. The van der Waals surface area contributed by atoms with Crippen molar-refractivity contribution in [2.75, 3.05) is 26.2 Å². The van der Waals surface area contributed by atoms with Crippen molar-refractivity contribution in [3.05, 3.63) is 12.7 Å². The minimum Gasteiger partial charge on any atom is -0.465 e. The van der Waals surface area contributed by atoms with E-state index in [4.69, 9.17) is 4.74 Å². The van der Waals surface area contributed by atoms with E-state index in [1.54, 1.807) is 19.9 Å². The van der Waals surface area contributed by atoms with Crippen LogP contribution in [0.5, 0.6) is 0 Å². The van der Waals surface area contributed by atoms with Crippen LogP contribution in [-0.4, -0.2) is 49.1 Å². The molecule has 0 heterocycles. The molecule has 0 saturated heterocycles. The van der Waals surface area contributed by atoms with Crippen LogP contribution in [0.1, 0.15) is 27.2 Å². The van der Waals surface area contributed by atoms with Gasteiger partial charge in [0.25, 0.3) is 0 Å². The van der Waals surface area contributed by atoms with Crippen molar-refractivity contribution < 1.29 is 14.3 Å². The average Bonchev–Trinajstić information content (AvgIpc) is 2.34. The van der Waals surface area contributed by atoms with E-state index < -0.39 is 0 Å². The highest BCUT2D eigenvalue weighted by atomic mass is 16.5. The predicted molar refractivity (Wildman–Crippen MR) is 71.2 cm³/mol. The summed E-state index contributed by atoms with van der Waals surface area (Å²) in [5, 5.41) is 2.73. The minimum absolute atomic E-state index is 0.104. The van der Waals surface area contributed by atoms with Crippen LogP contribution in [0.2, 0.25) is 0 Å². The first kappa shape index (κ1) is 16.6. The standard InChI is InChI=1S/C13H24N2O3/c1-5-8-14-13(17)11(4)15(9-6-2)10-12(16)18-7-3/h5,11H,1,6-10H2,2-4H3,(H,14,17). The maximum atomic E-state index is 11.8. The van der Waals surface area contributed by atoms with Gasteiger partial charge < -0.3 is 10.1 Å². The minimum atomic E-state index is -0.352. The van der Waals surface area contributed by atoms with Crippen LogP contribution >= 0.6 is 0 Å². The SMILES string of the molecule is C=CCNC(=O)C(C)N(CCC)CC(=O)OCC. The van der Waals surface area contributed by atoms with E-state index in [1.807, 2.05) is 11.8 Å². The lowest BCUT2D eigenvalue weighted by Gasteiger charge is -2.26. The van der Waals surface area contributed by atoms with E-state index in [0.717, 1.165) is 6.42 Å². The van der Waals surface area contributed by atoms with Gasteiger partial charge in [-0.1, -0.05) is 13.0 Å². The lowest BCUT2D eigenvalue weighted by Crippen LogP contribution is -2.47. The summed E-state index contributed by atoms with van der Waals surface area (Å²) in [7, 11) is 0. The molecule has 0 bridgehead atoms. The van der Waals surface area contributed by atoms with Crippen molar-refractivity contribution in [1.82, 2.24) is 10.2 Å². The number of nitrogens with one attached hydrogen (secondary N) is 1. The number of carbonyl (C=O) groups is 2. The molecule has 5 heteroatoms. The molecule has 1 atom stereocenters. The maximum absolute atomic E-state index is 11.8. The molecule has 0 saturated carbocycles. The van der Waals surface area contributed by atoms with Crippen LogP contribution in [0.15, 0.2) is 12.7 Å². The fourth-order valence-electron chi connectivity index (χ4n) is 1.56. The summed E-state index contributed by atoms with van der Waals surface area (Å²) in [6.45, 7) is 10.7. The molecule has 0 rings (SSSR count). The van der Waals surface area contributed by atoms with E-state index in [-0.39, 0.29) is 24.5 Å². The molecule has 104 valence electrons. The topological polar surface area (TPSA) is 58.6 Å². The highest BCUT2D eigenvalue weighted by Gasteiger charge is 2.22. The second-order valence-electron chi connectivity index (χ2n) is 3.99. The van der Waals surface area contributed by atoms with Gasteiger partial charge in [-0.05, 0) is 26.8 Å². The lowest BCUT2D eigenvalue weighted by atomic mass is 10.2. The van der Waals surface area contributed by atoms with Gasteiger partial charge in [0, 0.05) is 6.54 Å². The van der Waals surface area contributed by atoms with Gasteiger partial charge in [-0.3, -0.25) is 14.5 Å². The molecule has 1 amide bonds. The van der Waals surface area contributed by atoms with Crippen molar-refractivity contribution in [2.24, 2.45) is 0 Å². The first-order valence-corrected chi connectivity index (χ1v) is 6.35. The number of nitrogens with zero attached hydrogens (tertiary/aromatic N) is 1. The molecule has 0 aliphatic carbocycles. The Morgan fingerprint density at radius 2 is 2.11 bits per heavy atom. The Balaban J connectivity index is 4.41. The van der Waals surface area contributed by atoms with E-state index in [2.05, 4.69) is 11.9 Å². The molecule has 0 aliphatic rings. The highest BCUT2D eigenvalue weighted by molar-refractivity contribution is 5.82. The molecule has 18 heavy (non-hydrogen) atoms. The second kappa shape index (κ2) is 9.65. The van der Waals surface area contributed by atoms with Gasteiger partial charge in [-0.25, -0.2) is 0 Å². The van der Waals surface area contributed by atoms with Crippen LogP contribution in [0.4, 0.5) is 0 Å². The lowest BCUT2D eigenvalue weighted by molar-refractivity contribution is -0.145. The summed E-state index contributed by atoms with van der Waals surface area (Å²) in [5.74, 6) is -0.401. The van der Waals surface area contributed by atoms with Gasteiger partial charge in [0.1, 0.15) is 0 Å². The number of rotatable bonds is 9. The van der Waals surface area contributed by atoms with E-state index in [0.29, 0.717) is 19.7 Å². The van der Waals surface area contributed by atoms with Crippen LogP contribution in [-0.2, 0) is 14.3 Å². The van der Waals surface area contributed by atoms with Crippen LogP contribution < -0.4 is 5.32 Å². The summed E-state index contributed by atoms with van der Waals surface area (Å²) in [6.07, 6.45) is 2.50. The Bertz CT molecular complexity index is 279. The zero-order valence-corrected chi connectivity index (χ0v) is 11.6. The Kier molecular flexibility index (Phi) is 8.92. The zero-order valence-electron chi connectivity index (χ0n) is 11.6. The molecule has 0 fully saturated rings. The van der Waals surface area contributed by atoms with Gasteiger partial charge in [0.15, 0.2) is 0 Å². The zero-order chi connectivity index (χ0) is 14.0. The fourth-order valence-corrected chi connectivity index (χ4v) is 1.56. The second-order valence-corrected chi connectivity index (χ2v) is 3.99.